The van der Waals surface area contributed by atoms with Crippen LogP contribution >= 0.6 is 0 Å². The molecule has 3 nitrogen and oxygen atoms in total. The summed E-state index contributed by atoms with van der Waals surface area (Å²) in [5.41, 5.74) is 8.68. The highest BCUT2D eigenvalue weighted by Crippen LogP contribution is 1.84. The molecule has 0 amide bonds. The molecule has 1 rings (SSSR count). The molecule has 1 heterocycles. The van der Waals surface area contributed by atoms with Gasteiger partial charge in [0.15, 0.2) is 6.67 Å². The van der Waals surface area contributed by atoms with Gasteiger partial charge in [-0.1, -0.05) is 0 Å². The fourth-order valence-electron chi connectivity index (χ4n) is 0.674. The predicted octanol–water partition coefficient (Wildman–Crippen LogP) is -0.0287. The van der Waals surface area contributed by atoms with Gasteiger partial charge < -0.3 is 10.2 Å². The summed E-state index contributed by atoms with van der Waals surface area (Å²) < 4.78 is 1.28. The monoisotopic (exact) mass is 99.1 g/mol. The largest absolute Gasteiger partial charge is 0.506 e. The minimum absolute atomic E-state index is 0.625. The van der Waals surface area contributed by atoms with Gasteiger partial charge in [-0.15, -0.1) is 0 Å². The molecule has 0 bridgehead atoms. The van der Waals surface area contributed by atoms with E-state index in [1.54, 1.807) is 0 Å². The quantitative estimate of drug-likeness (QED) is 0.425. The van der Waals surface area contributed by atoms with E-state index >= 15 is 0 Å². The van der Waals surface area contributed by atoms with E-state index in [1.165, 1.54) is 4.70 Å². The average Bonchev–Trinajstić information content (AvgIpc) is 1.69. The van der Waals surface area contributed by atoms with Crippen LogP contribution in [0.2, 0.25) is 0 Å². The summed E-state index contributed by atoms with van der Waals surface area (Å²) >= 11 is 0. The molecule has 1 aliphatic heterocycles. The first kappa shape index (κ1) is 4.71. The van der Waals surface area contributed by atoms with Crippen molar-refractivity contribution in [2.45, 2.75) is 6.42 Å². The van der Waals surface area contributed by atoms with Gasteiger partial charge in [-0.05, 0) is 0 Å². The van der Waals surface area contributed by atoms with Gasteiger partial charge in [-0.2, -0.15) is 0 Å². The standard InChI is InChI=1S/C4H9N3/c5-7-3-1-2-6-4-7/h6H,1-4H2. The van der Waals surface area contributed by atoms with Crippen LogP contribution in [0.15, 0.2) is 0 Å². The Hall–Kier alpha value is -0.440. The van der Waals surface area contributed by atoms with E-state index in [4.69, 9.17) is 5.53 Å². The van der Waals surface area contributed by atoms with Gasteiger partial charge >= 0.3 is 0 Å². The van der Waals surface area contributed by atoms with Crippen LogP contribution in [-0.2, 0) is 0 Å². The molecule has 40 valence electrons. The van der Waals surface area contributed by atoms with E-state index in [2.05, 4.69) is 5.32 Å². The highest BCUT2D eigenvalue weighted by atomic mass is 15.3. The molecule has 3 heteroatoms. The summed E-state index contributed by atoms with van der Waals surface area (Å²) in [5, 5.41) is 3.01. The Bertz CT molecular complexity index is 71.0. The van der Waals surface area contributed by atoms with Crippen LogP contribution in [-0.4, -0.2) is 24.5 Å². The number of rotatable bonds is 0. The highest BCUT2D eigenvalue weighted by molar-refractivity contribution is 4.43. The van der Waals surface area contributed by atoms with Crippen LogP contribution in [0.4, 0.5) is 0 Å². The van der Waals surface area contributed by atoms with Crippen LogP contribution in [0.25, 0.3) is 5.53 Å². The molecule has 0 aliphatic carbocycles. The van der Waals surface area contributed by atoms with E-state index in [-0.39, 0.29) is 0 Å². The number of hydrogen-bond acceptors (Lipinski definition) is 1. The summed E-state index contributed by atoms with van der Waals surface area (Å²) in [5.74, 6) is 0. The topological polar surface area (TPSA) is 37.3 Å². The van der Waals surface area contributed by atoms with E-state index in [1.807, 2.05) is 0 Å². The Morgan fingerprint density at radius 2 is 2.43 bits per heavy atom. The van der Waals surface area contributed by atoms with Crippen molar-refractivity contribution in [3.8, 4) is 0 Å². The van der Waals surface area contributed by atoms with Crippen LogP contribution < -0.4 is 5.32 Å². The minimum Gasteiger partial charge on any atom is -0.506 e. The van der Waals surface area contributed by atoms with Crippen molar-refractivity contribution < 1.29 is 4.70 Å². The molecule has 0 atom stereocenters. The van der Waals surface area contributed by atoms with E-state index in [9.17, 15) is 0 Å². The summed E-state index contributed by atoms with van der Waals surface area (Å²) in [6.07, 6.45) is 1.05. The number of hydrogen-bond donors (Lipinski definition) is 1. The van der Waals surface area contributed by atoms with Crippen molar-refractivity contribution in [1.29, 1.82) is 0 Å². The third kappa shape index (κ3) is 1.23. The zero-order valence-electron chi connectivity index (χ0n) is 4.22. The summed E-state index contributed by atoms with van der Waals surface area (Å²) in [6, 6.07) is 0. The van der Waals surface area contributed by atoms with Gasteiger partial charge in [0, 0.05) is 13.0 Å². The molecule has 0 saturated carbocycles. The molecule has 0 aromatic rings. The lowest BCUT2D eigenvalue weighted by Crippen LogP contribution is -2.33. The van der Waals surface area contributed by atoms with Crippen molar-refractivity contribution in [2.75, 3.05) is 19.8 Å². The second kappa shape index (κ2) is 2.02. The lowest BCUT2D eigenvalue weighted by atomic mass is 10.4. The minimum atomic E-state index is 0.625. The van der Waals surface area contributed by atoms with Crippen molar-refractivity contribution in [2.24, 2.45) is 0 Å². The lowest BCUT2D eigenvalue weighted by Gasteiger charge is -2.12. The van der Waals surface area contributed by atoms with Crippen molar-refractivity contribution >= 4 is 0 Å². The predicted molar refractivity (Wildman–Crippen MR) is 26.0 cm³/mol. The molecule has 1 saturated heterocycles. The zero-order valence-corrected chi connectivity index (χ0v) is 4.22. The Morgan fingerprint density at radius 3 is 2.71 bits per heavy atom. The molecule has 1 N–H and O–H groups in total. The Morgan fingerprint density at radius 1 is 1.57 bits per heavy atom. The first-order valence-corrected chi connectivity index (χ1v) is 2.54. The second-order valence-electron chi connectivity index (χ2n) is 1.74. The molecule has 1 fully saturated rings. The second-order valence-corrected chi connectivity index (χ2v) is 1.74. The zero-order chi connectivity index (χ0) is 5.11. The fraction of sp³-hybridized carbons (Fsp3) is 1.00. The fourth-order valence-corrected chi connectivity index (χ4v) is 0.674. The Labute approximate surface area is 42.8 Å². The molecule has 1 aliphatic rings. The normalized spacial score (nSPS) is 22.6. The van der Waals surface area contributed by atoms with Gasteiger partial charge in [0.1, 0.15) is 6.54 Å². The maximum atomic E-state index is 8.68. The van der Waals surface area contributed by atoms with E-state index in [0.717, 1.165) is 19.5 Å². The summed E-state index contributed by atoms with van der Waals surface area (Å²) in [4.78, 5) is 0. The molecule has 0 radical (unpaired) electrons. The van der Waals surface area contributed by atoms with Crippen LogP contribution in [0.3, 0.4) is 0 Å². The van der Waals surface area contributed by atoms with Gasteiger partial charge in [0.2, 0.25) is 0 Å². The maximum absolute atomic E-state index is 8.68. The molecular formula is C4H9N3. The maximum Gasteiger partial charge on any atom is 0.185 e. The van der Waals surface area contributed by atoms with Crippen LogP contribution in [0.5, 0.6) is 0 Å². The van der Waals surface area contributed by atoms with Crippen molar-refractivity contribution in [1.82, 2.24) is 5.32 Å². The van der Waals surface area contributed by atoms with Crippen LogP contribution in [0, 0.1) is 0 Å². The van der Waals surface area contributed by atoms with Gasteiger partial charge in [-0.3, -0.25) is 5.32 Å². The first-order valence-electron chi connectivity index (χ1n) is 2.54. The highest BCUT2D eigenvalue weighted by Gasteiger charge is 2.01. The van der Waals surface area contributed by atoms with E-state index < -0.39 is 0 Å². The van der Waals surface area contributed by atoms with Crippen molar-refractivity contribution in [3.63, 3.8) is 0 Å². The summed E-state index contributed by atoms with van der Waals surface area (Å²) in [6.45, 7) is 2.48. The third-order valence-electron chi connectivity index (χ3n) is 1.06. The molecule has 7 heavy (non-hydrogen) atoms. The SMILES string of the molecule is [N-]=[N+]1CCCNC1. The Balaban J connectivity index is 2.25. The average molecular weight is 99.1 g/mol. The van der Waals surface area contributed by atoms with Gasteiger partial charge in [0.25, 0.3) is 0 Å². The summed E-state index contributed by atoms with van der Waals surface area (Å²) in [7, 11) is 0. The number of nitrogens with one attached hydrogen (secondary N) is 1. The first-order chi connectivity index (χ1) is 3.39. The molecule has 0 aromatic heterocycles. The molecule has 0 aromatic carbocycles. The number of nitrogens with zero attached hydrogens (tertiary/aromatic N) is 2. The third-order valence-corrected chi connectivity index (χ3v) is 1.06. The molecule has 0 unspecified atom stereocenters. The van der Waals surface area contributed by atoms with Gasteiger partial charge in [-0.25, -0.2) is 0 Å². The van der Waals surface area contributed by atoms with Crippen molar-refractivity contribution in [3.05, 3.63) is 5.53 Å². The smallest absolute Gasteiger partial charge is 0.185 e. The Kier molecular flexibility index (Phi) is 1.36. The van der Waals surface area contributed by atoms with Crippen LogP contribution in [0.1, 0.15) is 6.42 Å². The molecule has 0 spiro atoms. The van der Waals surface area contributed by atoms with Gasteiger partial charge in [0.05, 0.1) is 0 Å². The lowest BCUT2D eigenvalue weighted by molar-refractivity contribution is -0.562. The van der Waals surface area contributed by atoms with E-state index in [0.29, 0.717) is 6.67 Å². The molecular weight excluding hydrogens is 90.1 g/mol.